The van der Waals surface area contributed by atoms with Crippen LogP contribution in [0.2, 0.25) is 0 Å². The highest BCUT2D eigenvalue weighted by molar-refractivity contribution is 5.90. The summed E-state index contributed by atoms with van der Waals surface area (Å²) < 4.78 is 16.1. The first-order chi connectivity index (χ1) is 17.1. The van der Waals surface area contributed by atoms with E-state index in [0.29, 0.717) is 12.8 Å². The van der Waals surface area contributed by atoms with Crippen molar-refractivity contribution >= 4 is 18.2 Å². The molecule has 9 nitrogen and oxygen atoms in total. The molecule has 9 heteroatoms. The first-order valence-corrected chi connectivity index (χ1v) is 11.8. The molecule has 0 aliphatic heterocycles. The summed E-state index contributed by atoms with van der Waals surface area (Å²) in [6.45, 7) is 5.40. The Bertz CT molecular complexity index is 1130. The van der Waals surface area contributed by atoms with Gasteiger partial charge in [0, 0.05) is 24.8 Å². The molecule has 1 fully saturated rings. The Morgan fingerprint density at radius 1 is 0.972 bits per heavy atom. The smallest absolute Gasteiger partial charge is 0.411 e. The Balaban J connectivity index is 1.27. The number of carboxylic acid groups (broad SMARTS) is 1. The highest BCUT2D eigenvalue weighted by Gasteiger charge is 2.33. The minimum Gasteiger partial charge on any atom is -0.495 e. The molecule has 0 atom stereocenters. The van der Waals surface area contributed by atoms with E-state index in [1.165, 1.54) is 0 Å². The number of fused-ring (bicyclic) bond motifs is 3. The van der Waals surface area contributed by atoms with Crippen molar-refractivity contribution in [3.8, 4) is 11.1 Å². The van der Waals surface area contributed by atoms with Crippen LogP contribution >= 0.6 is 0 Å². The molecule has 2 aromatic carbocycles. The molecule has 2 aliphatic carbocycles. The second-order valence-electron chi connectivity index (χ2n) is 9.86. The van der Waals surface area contributed by atoms with E-state index in [-0.39, 0.29) is 24.7 Å². The Morgan fingerprint density at radius 3 is 2.11 bits per heavy atom. The number of aliphatic carboxylic acids is 1. The molecule has 36 heavy (non-hydrogen) atoms. The van der Waals surface area contributed by atoms with E-state index >= 15 is 0 Å². The maximum atomic E-state index is 12.4. The second-order valence-corrected chi connectivity index (χ2v) is 9.86. The number of ether oxygens (including phenoxy) is 3. The number of carbonyl (C=O) groups excluding carboxylic acids is 2. The Kier molecular flexibility index (Phi) is 7.19. The van der Waals surface area contributed by atoms with Gasteiger partial charge in [-0.05, 0) is 43.0 Å². The van der Waals surface area contributed by atoms with Crippen LogP contribution in [0, 0.1) is 0 Å². The molecule has 0 aromatic heterocycles. The SMILES string of the molecule is CC(C)(C)OC(=O)N[C@H]1C[C@H](O/C=C(\NC(=O)OCC2c3ccccc3-c3ccccc32)C(=O)O)C1. The van der Waals surface area contributed by atoms with Crippen LogP contribution < -0.4 is 10.6 Å². The molecule has 2 aliphatic rings. The molecule has 0 saturated heterocycles. The average Bonchev–Trinajstić information content (AvgIpc) is 3.10. The second kappa shape index (κ2) is 10.3. The predicted molar refractivity (Wildman–Crippen MR) is 131 cm³/mol. The van der Waals surface area contributed by atoms with Crippen LogP contribution in [0.15, 0.2) is 60.5 Å². The van der Waals surface area contributed by atoms with E-state index in [2.05, 4.69) is 10.6 Å². The van der Waals surface area contributed by atoms with E-state index in [4.69, 9.17) is 14.2 Å². The number of hydrogen-bond donors (Lipinski definition) is 3. The normalized spacial score (nSPS) is 18.8. The molecule has 0 radical (unpaired) electrons. The summed E-state index contributed by atoms with van der Waals surface area (Å²) in [5, 5.41) is 14.4. The number of alkyl carbamates (subject to hydrolysis) is 2. The molecule has 0 unspecified atom stereocenters. The molecular weight excluding hydrogens is 464 g/mol. The molecule has 3 N–H and O–H groups in total. The lowest BCUT2D eigenvalue weighted by Crippen LogP contribution is -2.48. The fourth-order valence-electron chi connectivity index (χ4n) is 4.31. The number of hydrogen-bond acceptors (Lipinski definition) is 6. The van der Waals surface area contributed by atoms with Gasteiger partial charge in [-0.15, -0.1) is 0 Å². The lowest BCUT2D eigenvalue weighted by Gasteiger charge is -2.35. The van der Waals surface area contributed by atoms with Crippen LogP contribution in [0.5, 0.6) is 0 Å². The van der Waals surface area contributed by atoms with Gasteiger partial charge in [0.2, 0.25) is 0 Å². The van der Waals surface area contributed by atoms with E-state index in [1.807, 2.05) is 48.5 Å². The minimum atomic E-state index is -1.36. The molecule has 190 valence electrons. The molecule has 1 saturated carbocycles. The fraction of sp³-hybridized carbons (Fsp3) is 0.370. The summed E-state index contributed by atoms with van der Waals surface area (Å²) in [7, 11) is 0. The third kappa shape index (κ3) is 5.97. The third-order valence-electron chi connectivity index (χ3n) is 6.00. The molecule has 0 heterocycles. The summed E-state index contributed by atoms with van der Waals surface area (Å²) in [4.78, 5) is 35.8. The average molecular weight is 495 g/mol. The van der Waals surface area contributed by atoms with Crippen LogP contribution in [0.4, 0.5) is 9.59 Å². The van der Waals surface area contributed by atoms with E-state index in [9.17, 15) is 19.5 Å². The number of carboxylic acids is 1. The number of benzene rings is 2. The van der Waals surface area contributed by atoms with Crippen molar-refractivity contribution in [2.75, 3.05) is 6.61 Å². The van der Waals surface area contributed by atoms with Crippen LogP contribution in [-0.4, -0.2) is 47.6 Å². The minimum absolute atomic E-state index is 0.0637. The van der Waals surface area contributed by atoms with Gasteiger partial charge in [0.15, 0.2) is 5.70 Å². The molecular formula is C27H30N2O7. The topological polar surface area (TPSA) is 123 Å². The molecule has 4 rings (SSSR count). The third-order valence-corrected chi connectivity index (χ3v) is 6.00. The summed E-state index contributed by atoms with van der Waals surface area (Å²) in [6, 6.07) is 15.8. The maximum Gasteiger partial charge on any atom is 0.411 e. The highest BCUT2D eigenvalue weighted by atomic mass is 16.6. The van der Waals surface area contributed by atoms with Crippen LogP contribution in [0.1, 0.15) is 50.7 Å². The van der Waals surface area contributed by atoms with E-state index < -0.39 is 29.5 Å². The molecule has 2 amide bonds. The van der Waals surface area contributed by atoms with Crippen LogP contribution in [-0.2, 0) is 19.0 Å². The van der Waals surface area contributed by atoms with Crippen molar-refractivity contribution in [3.05, 3.63) is 71.6 Å². The van der Waals surface area contributed by atoms with Crippen molar-refractivity contribution in [1.29, 1.82) is 0 Å². The first-order valence-electron chi connectivity index (χ1n) is 11.8. The van der Waals surface area contributed by atoms with Gasteiger partial charge < -0.3 is 24.6 Å². The largest absolute Gasteiger partial charge is 0.495 e. The van der Waals surface area contributed by atoms with Crippen molar-refractivity contribution < 1.29 is 33.7 Å². The lowest BCUT2D eigenvalue weighted by molar-refractivity contribution is -0.133. The van der Waals surface area contributed by atoms with Crippen molar-refractivity contribution in [3.63, 3.8) is 0 Å². The zero-order chi connectivity index (χ0) is 25.9. The monoisotopic (exact) mass is 494 g/mol. The van der Waals surface area contributed by atoms with Gasteiger partial charge >= 0.3 is 18.2 Å². The predicted octanol–water partition coefficient (Wildman–Crippen LogP) is 4.52. The summed E-state index contributed by atoms with van der Waals surface area (Å²) in [6.07, 6.45) is 0.305. The van der Waals surface area contributed by atoms with Gasteiger partial charge in [0.1, 0.15) is 24.6 Å². The number of carbonyl (C=O) groups is 3. The van der Waals surface area contributed by atoms with Crippen molar-refractivity contribution in [2.45, 2.75) is 57.3 Å². The fourth-order valence-corrected chi connectivity index (χ4v) is 4.31. The van der Waals surface area contributed by atoms with Gasteiger partial charge in [-0.3, -0.25) is 5.32 Å². The van der Waals surface area contributed by atoms with E-state index in [0.717, 1.165) is 28.5 Å². The van der Waals surface area contributed by atoms with Crippen molar-refractivity contribution in [2.24, 2.45) is 0 Å². The standard InChI is InChI=1S/C27H30N2O7/c1-27(2,3)36-26(33)28-16-12-17(13-16)34-15-23(24(30)31)29-25(32)35-14-22-20-10-6-4-8-18(20)19-9-5-7-11-21(19)22/h4-11,15-17,22H,12-14H2,1-3H3,(H,28,33)(H,29,32)(H,30,31)/b23-15-/t16-,17-. The number of nitrogens with one attached hydrogen (secondary N) is 2. The zero-order valence-corrected chi connectivity index (χ0v) is 20.4. The van der Waals surface area contributed by atoms with Gasteiger partial charge in [-0.25, -0.2) is 14.4 Å². The van der Waals surface area contributed by atoms with Crippen LogP contribution in [0.25, 0.3) is 11.1 Å². The maximum absolute atomic E-state index is 12.4. The number of amides is 2. The lowest BCUT2D eigenvalue weighted by atomic mass is 9.89. The Labute approximate surface area is 209 Å². The molecule has 2 aromatic rings. The molecule has 0 spiro atoms. The molecule has 0 bridgehead atoms. The number of rotatable bonds is 7. The summed E-state index contributed by atoms with van der Waals surface area (Å²) >= 11 is 0. The van der Waals surface area contributed by atoms with Gasteiger partial charge in [0.25, 0.3) is 0 Å². The van der Waals surface area contributed by atoms with Gasteiger partial charge in [-0.2, -0.15) is 0 Å². The van der Waals surface area contributed by atoms with E-state index in [1.54, 1.807) is 20.8 Å². The quantitative estimate of drug-likeness (QED) is 0.382. The van der Waals surface area contributed by atoms with Gasteiger partial charge in [-0.1, -0.05) is 48.5 Å². The van der Waals surface area contributed by atoms with Gasteiger partial charge in [0.05, 0.1) is 0 Å². The zero-order valence-electron chi connectivity index (χ0n) is 20.4. The Hall–Kier alpha value is -4.01. The van der Waals surface area contributed by atoms with Crippen LogP contribution in [0.3, 0.4) is 0 Å². The Morgan fingerprint density at radius 2 is 1.56 bits per heavy atom. The summed E-state index contributed by atoms with van der Waals surface area (Å²) in [5.41, 5.74) is 3.29. The highest BCUT2D eigenvalue weighted by Crippen LogP contribution is 2.44. The summed E-state index contributed by atoms with van der Waals surface area (Å²) in [5.74, 6) is -1.49. The van der Waals surface area contributed by atoms with Crippen molar-refractivity contribution in [1.82, 2.24) is 10.6 Å². The first kappa shape index (κ1) is 25.1.